The van der Waals surface area contributed by atoms with E-state index in [4.69, 9.17) is 21.1 Å². The van der Waals surface area contributed by atoms with Crippen molar-refractivity contribution in [3.8, 4) is 11.5 Å². The fraction of sp³-hybridized carbons (Fsp3) is 0.278. The number of esters is 1. The van der Waals surface area contributed by atoms with Crippen LogP contribution in [-0.4, -0.2) is 12.6 Å². The number of hydrogen-bond acceptors (Lipinski definition) is 3. The predicted octanol–water partition coefficient (Wildman–Crippen LogP) is 5.89. The quantitative estimate of drug-likeness (QED) is 0.332. The Kier molecular flexibility index (Phi) is 6.93. The molecule has 0 N–H and O–H groups in total. The number of ether oxygens (including phenoxy) is 2. The third kappa shape index (κ3) is 5.56. The molecule has 2 aromatic rings. The number of hydrogen-bond donors (Lipinski definition) is 0. The van der Waals surface area contributed by atoms with Gasteiger partial charge in [0.2, 0.25) is 0 Å². The van der Waals surface area contributed by atoms with Crippen molar-refractivity contribution in [3.63, 3.8) is 0 Å². The summed E-state index contributed by atoms with van der Waals surface area (Å²) in [5, 5.41) is 0.571. The van der Waals surface area contributed by atoms with Gasteiger partial charge in [-0.15, -0.1) is 0 Å². The molecule has 0 aromatic heterocycles. The minimum atomic E-state index is -0.425. The van der Waals surface area contributed by atoms with Crippen molar-refractivity contribution < 1.29 is 14.3 Å². The van der Waals surface area contributed by atoms with E-state index >= 15 is 0 Å². The lowest BCUT2D eigenvalue weighted by Crippen LogP contribution is -2.08. The Labute approximate surface area is 149 Å². The normalized spacial score (nSPS) is 10.4. The van der Waals surface area contributed by atoms with Crippen LogP contribution in [0.2, 0.25) is 5.02 Å². The van der Waals surface area contributed by atoms with Gasteiger partial charge in [0.1, 0.15) is 11.5 Å². The molecule has 0 radical (unpaired) electrons. The first-order chi connectivity index (χ1) is 11.1. The van der Waals surface area contributed by atoms with E-state index in [2.05, 4.69) is 22.9 Å². The number of rotatable bonds is 7. The van der Waals surface area contributed by atoms with Gasteiger partial charge < -0.3 is 9.47 Å². The number of carbonyl (C=O) groups excluding carboxylic acids is 1. The van der Waals surface area contributed by atoms with Gasteiger partial charge in [0.05, 0.1) is 16.6 Å². The van der Waals surface area contributed by atoms with Gasteiger partial charge in [-0.25, -0.2) is 4.79 Å². The van der Waals surface area contributed by atoms with Gasteiger partial charge >= 0.3 is 5.97 Å². The molecular formula is C18H18BrClO3. The average molecular weight is 398 g/mol. The Morgan fingerprint density at radius 2 is 1.87 bits per heavy atom. The monoisotopic (exact) mass is 396 g/mol. The zero-order chi connectivity index (χ0) is 16.7. The van der Waals surface area contributed by atoms with Crippen molar-refractivity contribution in [1.29, 1.82) is 0 Å². The molecule has 0 aliphatic rings. The van der Waals surface area contributed by atoms with Crippen molar-refractivity contribution in [3.05, 3.63) is 57.5 Å². The van der Waals surface area contributed by atoms with E-state index in [1.54, 1.807) is 42.5 Å². The SMILES string of the molecule is CCCCCOc1ccc(C(=O)Oc2ccc(Cl)cc2Br)cc1. The van der Waals surface area contributed by atoms with E-state index < -0.39 is 5.97 Å². The summed E-state index contributed by atoms with van der Waals surface area (Å²) in [5.41, 5.74) is 0.466. The van der Waals surface area contributed by atoms with Gasteiger partial charge in [-0.3, -0.25) is 0 Å². The second-order valence-electron chi connectivity index (χ2n) is 5.04. The smallest absolute Gasteiger partial charge is 0.343 e. The minimum absolute atomic E-state index is 0.425. The Balaban J connectivity index is 1.94. The van der Waals surface area contributed by atoms with E-state index in [0.29, 0.717) is 27.4 Å². The molecule has 0 spiro atoms. The molecule has 0 atom stereocenters. The number of carbonyl (C=O) groups is 1. The molecule has 2 rings (SSSR count). The number of halogens is 2. The Hall–Kier alpha value is -1.52. The topological polar surface area (TPSA) is 35.5 Å². The van der Waals surface area contributed by atoms with E-state index in [9.17, 15) is 4.79 Å². The van der Waals surface area contributed by atoms with Crippen molar-refractivity contribution >= 4 is 33.5 Å². The molecule has 0 heterocycles. The second kappa shape index (κ2) is 8.94. The fourth-order valence-electron chi connectivity index (χ4n) is 1.95. The summed E-state index contributed by atoms with van der Waals surface area (Å²) >= 11 is 9.18. The molecule has 2 aromatic carbocycles. The number of unbranched alkanes of at least 4 members (excludes halogenated alkanes) is 2. The maximum Gasteiger partial charge on any atom is 0.343 e. The van der Waals surface area contributed by atoms with Crippen molar-refractivity contribution in [2.75, 3.05) is 6.61 Å². The maximum atomic E-state index is 12.1. The van der Waals surface area contributed by atoms with Crippen LogP contribution in [0.3, 0.4) is 0 Å². The second-order valence-corrected chi connectivity index (χ2v) is 6.33. The molecule has 3 nitrogen and oxygen atoms in total. The summed E-state index contributed by atoms with van der Waals surface area (Å²) in [5.74, 6) is 0.759. The Bertz CT molecular complexity index is 656. The van der Waals surface area contributed by atoms with Crippen LogP contribution in [0.5, 0.6) is 11.5 Å². The molecule has 0 fully saturated rings. The molecule has 23 heavy (non-hydrogen) atoms. The summed E-state index contributed by atoms with van der Waals surface area (Å²) in [4.78, 5) is 12.1. The molecule has 0 bridgehead atoms. The third-order valence-electron chi connectivity index (χ3n) is 3.20. The van der Waals surface area contributed by atoms with Crippen LogP contribution in [0.4, 0.5) is 0 Å². The van der Waals surface area contributed by atoms with Crippen LogP contribution in [0.25, 0.3) is 0 Å². The lowest BCUT2D eigenvalue weighted by Gasteiger charge is -2.08. The highest BCUT2D eigenvalue weighted by molar-refractivity contribution is 9.10. The molecule has 0 saturated carbocycles. The fourth-order valence-corrected chi connectivity index (χ4v) is 2.71. The zero-order valence-corrected chi connectivity index (χ0v) is 15.2. The average Bonchev–Trinajstić information content (AvgIpc) is 2.55. The van der Waals surface area contributed by atoms with E-state index in [1.807, 2.05) is 0 Å². The van der Waals surface area contributed by atoms with Crippen molar-refractivity contribution in [2.24, 2.45) is 0 Å². The van der Waals surface area contributed by atoms with Gasteiger partial charge in [0.25, 0.3) is 0 Å². The standard InChI is InChI=1S/C18H18BrClO3/c1-2-3-4-11-22-15-8-5-13(6-9-15)18(21)23-17-10-7-14(20)12-16(17)19/h5-10,12H,2-4,11H2,1H3. The van der Waals surface area contributed by atoms with E-state index in [0.717, 1.165) is 25.0 Å². The molecule has 5 heteroatoms. The summed E-state index contributed by atoms with van der Waals surface area (Å²) in [7, 11) is 0. The van der Waals surface area contributed by atoms with Crippen LogP contribution in [0.15, 0.2) is 46.9 Å². The van der Waals surface area contributed by atoms with Crippen LogP contribution in [-0.2, 0) is 0 Å². The van der Waals surface area contributed by atoms with Gasteiger partial charge in [0.15, 0.2) is 0 Å². The van der Waals surface area contributed by atoms with E-state index in [-0.39, 0.29) is 0 Å². The van der Waals surface area contributed by atoms with Crippen LogP contribution >= 0.6 is 27.5 Å². The molecule has 122 valence electrons. The maximum absolute atomic E-state index is 12.1. The highest BCUT2D eigenvalue weighted by atomic mass is 79.9. The largest absolute Gasteiger partial charge is 0.494 e. The summed E-state index contributed by atoms with van der Waals surface area (Å²) in [6.45, 7) is 2.84. The van der Waals surface area contributed by atoms with Crippen molar-refractivity contribution in [1.82, 2.24) is 0 Å². The zero-order valence-electron chi connectivity index (χ0n) is 12.9. The van der Waals surface area contributed by atoms with Crippen molar-refractivity contribution in [2.45, 2.75) is 26.2 Å². The third-order valence-corrected chi connectivity index (χ3v) is 4.06. The highest BCUT2D eigenvalue weighted by Crippen LogP contribution is 2.28. The number of benzene rings is 2. The lowest BCUT2D eigenvalue weighted by atomic mass is 10.2. The molecular weight excluding hydrogens is 380 g/mol. The van der Waals surface area contributed by atoms with Crippen LogP contribution < -0.4 is 9.47 Å². The molecule has 0 aliphatic carbocycles. The lowest BCUT2D eigenvalue weighted by molar-refractivity contribution is 0.0733. The van der Waals surface area contributed by atoms with Gasteiger partial charge in [0, 0.05) is 5.02 Å². The van der Waals surface area contributed by atoms with Crippen LogP contribution in [0, 0.1) is 0 Å². The van der Waals surface area contributed by atoms with Gasteiger partial charge in [-0.05, 0) is 64.8 Å². The van der Waals surface area contributed by atoms with Gasteiger partial charge in [-0.1, -0.05) is 31.4 Å². The summed E-state index contributed by atoms with van der Waals surface area (Å²) in [6, 6.07) is 11.9. The minimum Gasteiger partial charge on any atom is -0.494 e. The Morgan fingerprint density at radius 1 is 1.13 bits per heavy atom. The molecule has 0 saturated heterocycles. The molecule has 0 unspecified atom stereocenters. The first-order valence-electron chi connectivity index (χ1n) is 7.50. The summed E-state index contributed by atoms with van der Waals surface area (Å²) < 4.78 is 11.6. The Morgan fingerprint density at radius 3 is 2.52 bits per heavy atom. The van der Waals surface area contributed by atoms with Gasteiger partial charge in [-0.2, -0.15) is 0 Å². The predicted molar refractivity (Wildman–Crippen MR) is 95.6 cm³/mol. The highest BCUT2D eigenvalue weighted by Gasteiger charge is 2.11. The first-order valence-corrected chi connectivity index (χ1v) is 8.67. The van der Waals surface area contributed by atoms with Crippen LogP contribution in [0.1, 0.15) is 36.5 Å². The molecule has 0 aliphatic heterocycles. The first kappa shape index (κ1) is 17.8. The molecule has 0 amide bonds. The summed E-state index contributed by atoms with van der Waals surface area (Å²) in [6.07, 6.45) is 3.35. The van der Waals surface area contributed by atoms with E-state index in [1.165, 1.54) is 0 Å².